The van der Waals surface area contributed by atoms with Gasteiger partial charge >= 0.3 is 0 Å². The Balaban J connectivity index is 1.87. The van der Waals surface area contributed by atoms with E-state index < -0.39 is 9.84 Å². The molecule has 0 bridgehead atoms. The van der Waals surface area contributed by atoms with Crippen molar-refractivity contribution < 1.29 is 13.2 Å². The minimum absolute atomic E-state index is 0.0585. The summed E-state index contributed by atoms with van der Waals surface area (Å²) in [5, 5.41) is 3.31. The second-order valence-electron chi connectivity index (χ2n) is 5.43. The van der Waals surface area contributed by atoms with Gasteiger partial charge in [-0.05, 0) is 23.8 Å². The average Bonchev–Trinajstić information content (AvgIpc) is 2.71. The Hall–Kier alpha value is -1.11. The number of sulfone groups is 1. The van der Waals surface area contributed by atoms with E-state index in [2.05, 4.69) is 10.2 Å². The summed E-state index contributed by atoms with van der Waals surface area (Å²) in [5.74, 6) is 1.01. The molecule has 0 aliphatic carbocycles. The number of hydrogen-bond donors (Lipinski definition) is 1. The standard InChI is InChI=1S/C14H20N2O3S/c1-19-12-2-3-14-13(8-12)11(10-20(14,17)18)9-16-6-4-15-5-7-16/h2-3,8,11,15H,4-7,9-10H2,1H3. The number of nitrogens with zero attached hydrogens (tertiary/aromatic N) is 1. The molecule has 5 nitrogen and oxygen atoms in total. The van der Waals surface area contributed by atoms with Gasteiger partial charge in [-0.3, -0.25) is 0 Å². The van der Waals surface area contributed by atoms with Crippen LogP contribution in [-0.4, -0.2) is 58.9 Å². The predicted molar refractivity (Wildman–Crippen MR) is 77.1 cm³/mol. The van der Waals surface area contributed by atoms with Crippen molar-refractivity contribution in [3.63, 3.8) is 0 Å². The first-order valence-electron chi connectivity index (χ1n) is 6.94. The summed E-state index contributed by atoms with van der Waals surface area (Å²) >= 11 is 0. The zero-order valence-electron chi connectivity index (χ0n) is 11.6. The molecule has 2 heterocycles. The Bertz CT molecular complexity index is 594. The predicted octanol–water partition coefficient (Wildman–Crippen LogP) is 0.471. The van der Waals surface area contributed by atoms with Crippen LogP contribution in [0.2, 0.25) is 0 Å². The smallest absolute Gasteiger partial charge is 0.179 e. The molecular formula is C14H20N2O3S. The van der Waals surface area contributed by atoms with Crippen LogP contribution in [0.5, 0.6) is 5.75 Å². The number of ether oxygens (including phenoxy) is 1. The lowest BCUT2D eigenvalue weighted by atomic mass is 10.00. The summed E-state index contributed by atoms with van der Waals surface area (Å²) in [4.78, 5) is 2.82. The van der Waals surface area contributed by atoms with Crippen LogP contribution in [0.1, 0.15) is 11.5 Å². The molecule has 0 radical (unpaired) electrons. The van der Waals surface area contributed by atoms with Crippen LogP contribution in [0.4, 0.5) is 0 Å². The molecular weight excluding hydrogens is 276 g/mol. The largest absolute Gasteiger partial charge is 0.497 e. The van der Waals surface area contributed by atoms with E-state index in [1.165, 1.54) is 0 Å². The lowest BCUT2D eigenvalue weighted by Gasteiger charge is -2.29. The van der Waals surface area contributed by atoms with E-state index in [1.54, 1.807) is 19.2 Å². The molecule has 1 fully saturated rings. The van der Waals surface area contributed by atoms with Crippen molar-refractivity contribution in [1.82, 2.24) is 10.2 Å². The highest BCUT2D eigenvalue weighted by Gasteiger charge is 2.35. The molecule has 6 heteroatoms. The van der Waals surface area contributed by atoms with Crippen LogP contribution in [0.3, 0.4) is 0 Å². The molecule has 2 aliphatic heterocycles. The molecule has 1 aromatic carbocycles. The topological polar surface area (TPSA) is 58.6 Å². The molecule has 1 N–H and O–H groups in total. The zero-order chi connectivity index (χ0) is 14.2. The van der Waals surface area contributed by atoms with Crippen LogP contribution in [0, 0.1) is 0 Å². The molecule has 0 amide bonds. The summed E-state index contributed by atoms with van der Waals surface area (Å²) in [6, 6.07) is 5.29. The fourth-order valence-electron chi connectivity index (χ4n) is 3.06. The summed E-state index contributed by atoms with van der Waals surface area (Å²) in [6.07, 6.45) is 0. The van der Waals surface area contributed by atoms with Crippen LogP contribution < -0.4 is 10.1 Å². The van der Waals surface area contributed by atoms with Gasteiger partial charge in [0, 0.05) is 38.6 Å². The molecule has 1 aromatic rings. The van der Waals surface area contributed by atoms with E-state index in [4.69, 9.17) is 4.74 Å². The lowest BCUT2D eigenvalue weighted by molar-refractivity contribution is 0.231. The second-order valence-corrected chi connectivity index (χ2v) is 7.44. The maximum atomic E-state index is 12.2. The van der Waals surface area contributed by atoms with Crippen LogP contribution >= 0.6 is 0 Å². The van der Waals surface area contributed by atoms with Crippen molar-refractivity contribution in [2.75, 3.05) is 45.6 Å². The molecule has 0 aromatic heterocycles. The third-order valence-corrected chi connectivity index (χ3v) is 5.98. The Morgan fingerprint density at radius 3 is 2.80 bits per heavy atom. The van der Waals surface area contributed by atoms with Crippen molar-refractivity contribution in [2.24, 2.45) is 0 Å². The molecule has 0 spiro atoms. The van der Waals surface area contributed by atoms with E-state index in [-0.39, 0.29) is 11.7 Å². The highest BCUT2D eigenvalue weighted by molar-refractivity contribution is 7.91. The van der Waals surface area contributed by atoms with Crippen molar-refractivity contribution in [2.45, 2.75) is 10.8 Å². The quantitative estimate of drug-likeness (QED) is 0.879. The summed E-state index contributed by atoms with van der Waals surface area (Å²) in [6.45, 7) is 4.72. The number of hydrogen-bond acceptors (Lipinski definition) is 5. The third kappa shape index (κ3) is 2.55. The lowest BCUT2D eigenvalue weighted by Crippen LogP contribution is -2.45. The SMILES string of the molecule is COc1ccc2c(c1)C(CN1CCNCC1)CS2(=O)=O. The van der Waals surface area contributed by atoms with Crippen LogP contribution in [0.25, 0.3) is 0 Å². The van der Waals surface area contributed by atoms with E-state index in [9.17, 15) is 8.42 Å². The summed E-state index contributed by atoms with van der Waals surface area (Å²) in [5.41, 5.74) is 0.919. The monoisotopic (exact) mass is 296 g/mol. The van der Waals surface area contributed by atoms with Crippen molar-refractivity contribution in [3.05, 3.63) is 23.8 Å². The van der Waals surface area contributed by atoms with E-state index in [0.29, 0.717) is 4.90 Å². The fraction of sp³-hybridized carbons (Fsp3) is 0.571. The first-order chi connectivity index (χ1) is 9.60. The third-order valence-electron chi connectivity index (χ3n) is 4.10. The molecule has 3 rings (SSSR count). The number of benzene rings is 1. The number of piperazine rings is 1. The highest BCUT2D eigenvalue weighted by Crippen LogP contribution is 2.37. The van der Waals surface area contributed by atoms with Gasteiger partial charge in [-0.2, -0.15) is 0 Å². The van der Waals surface area contributed by atoms with E-state index >= 15 is 0 Å². The van der Waals surface area contributed by atoms with Gasteiger partial charge in [0.2, 0.25) is 0 Å². The van der Waals surface area contributed by atoms with Gasteiger partial charge in [0.05, 0.1) is 17.8 Å². The molecule has 1 unspecified atom stereocenters. The Labute approximate surface area is 119 Å². The molecule has 1 saturated heterocycles. The summed E-state index contributed by atoms with van der Waals surface area (Å²) < 4.78 is 29.7. The number of fused-ring (bicyclic) bond motifs is 1. The number of methoxy groups -OCH3 is 1. The minimum atomic E-state index is -3.13. The summed E-state index contributed by atoms with van der Waals surface area (Å²) in [7, 11) is -1.52. The van der Waals surface area contributed by atoms with E-state index in [1.807, 2.05) is 6.07 Å². The zero-order valence-corrected chi connectivity index (χ0v) is 12.4. The number of rotatable bonds is 3. The maximum absolute atomic E-state index is 12.2. The van der Waals surface area contributed by atoms with Crippen molar-refractivity contribution in [3.8, 4) is 5.75 Å². The maximum Gasteiger partial charge on any atom is 0.179 e. The Kier molecular flexibility index (Phi) is 3.70. The number of nitrogens with one attached hydrogen (secondary N) is 1. The van der Waals surface area contributed by atoms with Gasteiger partial charge in [0.25, 0.3) is 0 Å². The van der Waals surface area contributed by atoms with Gasteiger partial charge in [-0.1, -0.05) is 0 Å². The molecule has 20 heavy (non-hydrogen) atoms. The first-order valence-corrected chi connectivity index (χ1v) is 8.59. The van der Waals surface area contributed by atoms with Gasteiger partial charge in [0.1, 0.15) is 5.75 Å². The molecule has 0 saturated carbocycles. The van der Waals surface area contributed by atoms with Gasteiger partial charge in [-0.25, -0.2) is 8.42 Å². The average molecular weight is 296 g/mol. The van der Waals surface area contributed by atoms with Gasteiger partial charge in [0.15, 0.2) is 9.84 Å². The normalized spacial score (nSPS) is 25.4. The Morgan fingerprint density at radius 2 is 2.10 bits per heavy atom. The van der Waals surface area contributed by atoms with Crippen molar-refractivity contribution >= 4 is 9.84 Å². The van der Waals surface area contributed by atoms with E-state index in [0.717, 1.165) is 44.0 Å². The van der Waals surface area contributed by atoms with Crippen LogP contribution in [-0.2, 0) is 9.84 Å². The van der Waals surface area contributed by atoms with Crippen LogP contribution in [0.15, 0.2) is 23.1 Å². The molecule has 110 valence electrons. The highest BCUT2D eigenvalue weighted by atomic mass is 32.2. The van der Waals surface area contributed by atoms with Crippen molar-refractivity contribution in [1.29, 1.82) is 0 Å². The molecule has 1 atom stereocenters. The Morgan fingerprint density at radius 1 is 1.35 bits per heavy atom. The fourth-order valence-corrected chi connectivity index (χ4v) is 4.91. The minimum Gasteiger partial charge on any atom is -0.497 e. The first kappa shape index (κ1) is 13.9. The second kappa shape index (κ2) is 5.35. The molecule has 2 aliphatic rings. The van der Waals surface area contributed by atoms with Gasteiger partial charge < -0.3 is 15.0 Å². The van der Waals surface area contributed by atoms with Gasteiger partial charge in [-0.15, -0.1) is 0 Å².